The van der Waals surface area contributed by atoms with Crippen LogP contribution in [0.15, 0.2) is 57.2 Å². The van der Waals surface area contributed by atoms with Crippen molar-refractivity contribution in [2.24, 2.45) is 0 Å². The zero-order chi connectivity index (χ0) is 32.1. The van der Waals surface area contributed by atoms with Crippen LogP contribution in [0.1, 0.15) is 29.7 Å². The summed E-state index contributed by atoms with van der Waals surface area (Å²) < 4.78 is 112. The maximum atomic E-state index is 14.2. The lowest BCUT2D eigenvalue weighted by Crippen LogP contribution is -2.18. The molecule has 0 fully saturated rings. The van der Waals surface area contributed by atoms with Gasteiger partial charge in [-0.05, 0) is 50.6 Å². The first kappa shape index (κ1) is 30.8. The summed E-state index contributed by atoms with van der Waals surface area (Å²) in [7, 11) is -5.44. The van der Waals surface area contributed by atoms with Crippen LogP contribution in [-0.2, 0) is 10.1 Å². The van der Waals surface area contributed by atoms with Crippen LogP contribution in [0.3, 0.4) is 0 Å². The topological polar surface area (TPSA) is 121 Å². The summed E-state index contributed by atoms with van der Waals surface area (Å²) in [5.41, 5.74) is 1.29. The number of halogens is 6. The van der Waals surface area contributed by atoms with Gasteiger partial charge in [-0.3, -0.25) is 4.79 Å². The van der Waals surface area contributed by atoms with E-state index in [2.05, 4.69) is 19.1 Å². The molecule has 0 saturated heterocycles. The highest BCUT2D eigenvalue weighted by molar-refractivity contribution is 7.87. The van der Waals surface area contributed by atoms with Gasteiger partial charge in [-0.1, -0.05) is 11.6 Å². The van der Waals surface area contributed by atoms with Crippen molar-refractivity contribution < 1.29 is 43.7 Å². The van der Waals surface area contributed by atoms with Gasteiger partial charge in [-0.15, -0.1) is 0 Å². The van der Waals surface area contributed by atoms with Crippen LogP contribution in [0.4, 0.5) is 22.0 Å². The molecule has 5 rings (SSSR count). The summed E-state index contributed by atoms with van der Waals surface area (Å²) in [5.74, 6) is -14.9. The predicted octanol–water partition coefficient (Wildman–Crippen LogP) is 6.52. The van der Waals surface area contributed by atoms with Crippen molar-refractivity contribution >= 4 is 32.7 Å². The van der Waals surface area contributed by atoms with Gasteiger partial charge in [0.15, 0.2) is 11.2 Å². The molecule has 0 spiro atoms. The lowest BCUT2D eigenvalue weighted by Gasteiger charge is -2.19. The smallest absolute Gasteiger partial charge is 0.360 e. The number of nitrogens with zero attached hydrogens (tertiary/aromatic N) is 3. The lowest BCUT2D eigenvalue weighted by atomic mass is 10.0. The van der Waals surface area contributed by atoms with E-state index in [0.29, 0.717) is 11.1 Å². The Morgan fingerprint density at radius 1 is 0.932 bits per heavy atom. The molecule has 0 bridgehead atoms. The molecule has 3 heterocycles. The van der Waals surface area contributed by atoms with Crippen molar-refractivity contribution in [3.63, 3.8) is 0 Å². The molecule has 0 aliphatic rings. The Kier molecular flexibility index (Phi) is 8.03. The van der Waals surface area contributed by atoms with Gasteiger partial charge in [0.25, 0.3) is 0 Å². The number of pyridine rings is 1. The zero-order valence-corrected chi connectivity index (χ0v) is 24.2. The van der Waals surface area contributed by atoms with E-state index in [1.54, 1.807) is 26.0 Å². The molecule has 1 atom stereocenters. The van der Waals surface area contributed by atoms with Crippen molar-refractivity contribution in [3.05, 3.63) is 104 Å². The molecule has 0 saturated carbocycles. The third kappa shape index (κ3) is 5.43. The SMILES string of the molecule is Cc1cc([C@@H](C)Oc2ccc(Cl)nc2S(=O)(=O)Oc2c(F)c(F)c(F)c(F)c2F)c2oc(-c3cncnc3)c(C)c(=O)c2c1. The Morgan fingerprint density at radius 2 is 1.55 bits per heavy atom. The van der Waals surface area contributed by atoms with Gasteiger partial charge in [-0.25, -0.2) is 28.1 Å². The lowest BCUT2D eigenvalue weighted by molar-refractivity contribution is 0.218. The van der Waals surface area contributed by atoms with Crippen molar-refractivity contribution in [1.82, 2.24) is 15.0 Å². The van der Waals surface area contributed by atoms with E-state index in [0.717, 1.165) is 12.1 Å². The van der Waals surface area contributed by atoms with E-state index in [9.17, 15) is 35.2 Å². The largest absolute Gasteiger partial charge is 0.483 e. The Morgan fingerprint density at radius 3 is 2.18 bits per heavy atom. The van der Waals surface area contributed by atoms with E-state index in [4.69, 9.17) is 20.8 Å². The predicted molar refractivity (Wildman–Crippen MR) is 145 cm³/mol. The maximum absolute atomic E-state index is 14.2. The van der Waals surface area contributed by atoms with Crippen LogP contribution in [0, 0.1) is 42.9 Å². The summed E-state index contributed by atoms with van der Waals surface area (Å²) >= 11 is 5.86. The molecule has 0 N–H and O–H groups in total. The maximum Gasteiger partial charge on any atom is 0.360 e. The van der Waals surface area contributed by atoms with E-state index >= 15 is 0 Å². The molecule has 0 aliphatic heterocycles. The highest BCUT2D eigenvalue weighted by Crippen LogP contribution is 2.36. The molecule has 9 nitrogen and oxygen atoms in total. The third-order valence-corrected chi connectivity index (χ3v) is 7.71. The van der Waals surface area contributed by atoms with Gasteiger partial charge in [0.05, 0.1) is 10.9 Å². The Balaban J connectivity index is 1.60. The van der Waals surface area contributed by atoms with E-state index in [1.807, 2.05) is 0 Å². The highest BCUT2D eigenvalue weighted by Gasteiger charge is 2.34. The second-order valence-electron chi connectivity index (χ2n) is 9.38. The molecule has 0 unspecified atom stereocenters. The molecule has 0 amide bonds. The molecular formula is C28H17ClF5N3O6S. The van der Waals surface area contributed by atoms with Gasteiger partial charge >= 0.3 is 10.1 Å². The van der Waals surface area contributed by atoms with Crippen LogP contribution < -0.4 is 14.3 Å². The Hall–Kier alpha value is -4.63. The highest BCUT2D eigenvalue weighted by atomic mass is 35.5. The summed E-state index contributed by atoms with van der Waals surface area (Å²) in [4.78, 5) is 24.8. The fourth-order valence-corrected chi connectivity index (χ4v) is 5.51. The minimum atomic E-state index is -5.44. The molecule has 44 heavy (non-hydrogen) atoms. The normalized spacial score (nSPS) is 12.4. The average Bonchev–Trinajstić information content (AvgIpc) is 3.00. The monoisotopic (exact) mass is 653 g/mol. The van der Waals surface area contributed by atoms with Crippen LogP contribution >= 0.6 is 11.6 Å². The van der Waals surface area contributed by atoms with Crippen molar-refractivity contribution in [2.45, 2.75) is 31.9 Å². The molecule has 5 aromatic rings. The van der Waals surface area contributed by atoms with Crippen LogP contribution in [0.2, 0.25) is 5.15 Å². The summed E-state index contributed by atoms with van der Waals surface area (Å²) in [6, 6.07) is 5.35. The fourth-order valence-electron chi connectivity index (χ4n) is 4.30. The molecule has 228 valence electrons. The first-order valence-electron chi connectivity index (χ1n) is 12.3. The van der Waals surface area contributed by atoms with Gasteiger partial charge in [0.2, 0.25) is 39.9 Å². The molecule has 3 aromatic heterocycles. The van der Waals surface area contributed by atoms with Crippen LogP contribution in [-0.4, -0.2) is 23.4 Å². The molecule has 2 aromatic carbocycles. The first-order chi connectivity index (χ1) is 20.7. The van der Waals surface area contributed by atoms with Gasteiger partial charge in [0, 0.05) is 23.5 Å². The standard InChI is InChI=1S/C28H17ClF5N3O6S/c1-11-6-15(26-16(7-11)24(38)12(2)25(42-26)14-8-35-10-36-9-14)13(3)41-17-4-5-18(29)37-28(17)44(39,40)43-27-22(33)20(31)19(30)21(32)23(27)34/h4-10,13H,1-3H3/t13-/m1/s1. The van der Waals surface area contributed by atoms with Crippen LogP contribution in [0.5, 0.6) is 11.5 Å². The molecule has 0 radical (unpaired) electrons. The van der Waals surface area contributed by atoms with E-state index in [1.165, 1.54) is 25.6 Å². The van der Waals surface area contributed by atoms with Gasteiger partial charge in [-0.2, -0.15) is 17.2 Å². The number of hydrogen-bond acceptors (Lipinski definition) is 9. The minimum Gasteiger partial charge on any atom is -0.483 e. The van der Waals surface area contributed by atoms with E-state index < -0.39 is 67.0 Å². The minimum absolute atomic E-state index is 0.0848. The summed E-state index contributed by atoms with van der Waals surface area (Å²) in [5, 5.41) is -1.40. The molecule has 16 heteroatoms. The molecular weight excluding hydrogens is 637 g/mol. The Bertz CT molecular complexity index is 2100. The van der Waals surface area contributed by atoms with Crippen molar-refractivity contribution in [1.29, 1.82) is 0 Å². The third-order valence-electron chi connectivity index (χ3n) is 6.35. The number of hydrogen-bond donors (Lipinski definition) is 0. The number of aryl methyl sites for hydroxylation is 1. The summed E-state index contributed by atoms with van der Waals surface area (Å²) in [6.07, 6.45) is 3.08. The Labute approximate surface area is 250 Å². The quantitative estimate of drug-likeness (QED) is 0.0635. The first-order valence-corrected chi connectivity index (χ1v) is 14.1. The van der Waals surface area contributed by atoms with Crippen molar-refractivity contribution in [3.8, 4) is 22.8 Å². The molecule has 0 aliphatic carbocycles. The van der Waals surface area contributed by atoms with E-state index in [-0.39, 0.29) is 33.3 Å². The van der Waals surface area contributed by atoms with Crippen molar-refractivity contribution in [2.75, 3.05) is 0 Å². The van der Waals surface area contributed by atoms with Gasteiger partial charge in [0.1, 0.15) is 28.9 Å². The van der Waals surface area contributed by atoms with Gasteiger partial charge < -0.3 is 13.3 Å². The fraction of sp³-hybridized carbons (Fsp3) is 0.143. The van der Waals surface area contributed by atoms with Crippen LogP contribution in [0.25, 0.3) is 22.3 Å². The number of rotatable bonds is 7. The summed E-state index contributed by atoms with van der Waals surface area (Å²) in [6.45, 7) is 4.73. The zero-order valence-electron chi connectivity index (χ0n) is 22.6. The number of fused-ring (bicyclic) bond motifs is 1. The second kappa shape index (κ2) is 11.5. The number of aromatic nitrogens is 3. The number of benzene rings is 2. The second-order valence-corrected chi connectivity index (χ2v) is 11.2. The average molecular weight is 654 g/mol. The number of ether oxygens (including phenoxy) is 1.